The van der Waals surface area contributed by atoms with Crippen molar-refractivity contribution in [3.05, 3.63) is 63.7 Å². The Morgan fingerprint density at radius 1 is 1.23 bits per heavy atom. The van der Waals surface area contributed by atoms with E-state index < -0.39 is 4.92 Å². The van der Waals surface area contributed by atoms with Gasteiger partial charge in [-0.1, -0.05) is 26.0 Å². The first-order valence-corrected chi connectivity index (χ1v) is 9.97. The fourth-order valence-corrected chi connectivity index (χ4v) is 3.56. The molecule has 2 amide bonds. The molecule has 0 aliphatic carbocycles. The first-order valence-electron chi connectivity index (χ1n) is 9.97. The second kappa shape index (κ2) is 8.94. The minimum atomic E-state index is -0.415. The molecule has 8 nitrogen and oxygen atoms in total. The molecule has 158 valence electrons. The number of nitro benzene ring substituents is 1. The highest BCUT2D eigenvalue weighted by Gasteiger charge is 2.29. The number of carbonyl (C=O) groups excluding carboxylic acids is 2. The average molecular weight is 410 g/mol. The Balaban J connectivity index is 1.72. The first-order chi connectivity index (χ1) is 14.3. The zero-order valence-electron chi connectivity index (χ0n) is 17.3. The van der Waals surface area contributed by atoms with Gasteiger partial charge in [-0.2, -0.15) is 0 Å². The summed E-state index contributed by atoms with van der Waals surface area (Å²) in [7, 11) is 0. The lowest BCUT2D eigenvalue weighted by Crippen LogP contribution is -2.37. The van der Waals surface area contributed by atoms with E-state index in [2.05, 4.69) is 10.6 Å². The maximum Gasteiger partial charge on any atom is 0.269 e. The second-order valence-electron chi connectivity index (χ2n) is 7.95. The van der Waals surface area contributed by atoms with Crippen LogP contribution < -0.4 is 15.5 Å². The highest BCUT2D eigenvalue weighted by molar-refractivity contribution is 6.04. The summed E-state index contributed by atoms with van der Waals surface area (Å²) < 4.78 is 0. The topological polar surface area (TPSA) is 105 Å². The van der Waals surface area contributed by atoms with E-state index in [0.29, 0.717) is 30.1 Å². The van der Waals surface area contributed by atoms with Crippen LogP contribution in [0, 0.1) is 16.0 Å². The zero-order chi connectivity index (χ0) is 21.8. The van der Waals surface area contributed by atoms with Gasteiger partial charge in [-0.25, -0.2) is 0 Å². The van der Waals surface area contributed by atoms with Gasteiger partial charge in [0.2, 0.25) is 5.91 Å². The molecule has 2 aromatic carbocycles. The molecular formula is C22H26N4O4. The number of nitro groups is 1. The quantitative estimate of drug-likeness (QED) is 0.538. The van der Waals surface area contributed by atoms with Crippen LogP contribution in [0.1, 0.15) is 36.7 Å². The molecule has 0 aromatic heterocycles. The molecule has 30 heavy (non-hydrogen) atoms. The van der Waals surface area contributed by atoms with Gasteiger partial charge in [0.25, 0.3) is 11.6 Å². The number of benzene rings is 2. The van der Waals surface area contributed by atoms with Crippen LogP contribution in [-0.2, 0) is 11.2 Å². The summed E-state index contributed by atoms with van der Waals surface area (Å²) in [5.41, 5.74) is 2.61. The van der Waals surface area contributed by atoms with E-state index in [1.54, 1.807) is 36.4 Å². The van der Waals surface area contributed by atoms with E-state index >= 15 is 0 Å². The number of amides is 2. The van der Waals surface area contributed by atoms with Crippen molar-refractivity contribution in [2.45, 2.75) is 33.2 Å². The highest BCUT2D eigenvalue weighted by atomic mass is 16.6. The van der Waals surface area contributed by atoms with Gasteiger partial charge in [0, 0.05) is 30.4 Å². The summed E-state index contributed by atoms with van der Waals surface area (Å²) in [4.78, 5) is 37.7. The lowest BCUT2D eigenvalue weighted by molar-refractivity contribution is -0.384. The average Bonchev–Trinajstić information content (AvgIpc) is 3.00. The van der Waals surface area contributed by atoms with Crippen LogP contribution in [0.25, 0.3) is 0 Å². The fourth-order valence-electron chi connectivity index (χ4n) is 3.56. The van der Waals surface area contributed by atoms with Crippen LogP contribution in [-0.4, -0.2) is 35.9 Å². The van der Waals surface area contributed by atoms with E-state index in [1.165, 1.54) is 6.07 Å². The minimum absolute atomic E-state index is 0.0392. The summed E-state index contributed by atoms with van der Waals surface area (Å²) in [6, 6.07) is 11.7. The number of hydrogen-bond donors (Lipinski definition) is 2. The van der Waals surface area contributed by atoms with Gasteiger partial charge in [-0.05, 0) is 43.0 Å². The monoisotopic (exact) mass is 410 g/mol. The molecule has 1 unspecified atom stereocenters. The Kier molecular flexibility index (Phi) is 6.34. The van der Waals surface area contributed by atoms with Crippen molar-refractivity contribution in [3.63, 3.8) is 0 Å². The zero-order valence-corrected chi connectivity index (χ0v) is 17.3. The number of rotatable bonds is 7. The van der Waals surface area contributed by atoms with E-state index in [1.807, 2.05) is 25.7 Å². The normalized spacial score (nSPS) is 15.1. The molecule has 8 heteroatoms. The number of nitrogens with one attached hydrogen (secondary N) is 2. The molecule has 2 aromatic rings. The molecule has 1 aliphatic heterocycles. The van der Waals surface area contributed by atoms with Crippen molar-refractivity contribution in [2.75, 3.05) is 23.3 Å². The van der Waals surface area contributed by atoms with E-state index in [9.17, 15) is 19.7 Å². The standard InChI is InChI=1S/C22H26N4O4/c1-14(2)12-23-22(28)18-6-4-5-7-19(18)24-21(27)13-25-15(3)10-16-11-17(26(29)30)8-9-20(16)25/h4-9,11,14-15H,10,12-13H2,1-3H3,(H,23,28)(H,24,27). The maximum atomic E-state index is 12.7. The minimum Gasteiger partial charge on any atom is -0.359 e. The number of carbonyl (C=O) groups is 2. The van der Waals surface area contributed by atoms with Crippen molar-refractivity contribution >= 4 is 28.9 Å². The molecule has 0 spiro atoms. The van der Waals surface area contributed by atoms with Crippen molar-refractivity contribution < 1.29 is 14.5 Å². The lowest BCUT2D eigenvalue weighted by Gasteiger charge is -2.24. The first kappa shape index (κ1) is 21.3. The molecule has 1 atom stereocenters. The molecular weight excluding hydrogens is 384 g/mol. The molecule has 0 bridgehead atoms. The van der Waals surface area contributed by atoms with E-state index in [4.69, 9.17) is 0 Å². The number of nitrogens with zero attached hydrogens (tertiary/aromatic N) is 2. The van der Waals surface area contributed by atoms with Crippen molar-refractivity contribution in [1.29, 1.82) is 0 Å². The number of fused-ring (bicyclic) bond motifs is 1. The molecule has 0 radical (unpaired) electrons. The maximum absolute atomic E-state index is 12.7. The molecule has 0 saturated carbocycles. The second-order valence-corrected chi connectivity index (χ2v) is 7.95. The molecule has 0 fully saturated rings. The van der Waals surface area contributed by atoms with Gasteiger partial charge in [0.1, 0.15) is 0 Å². The number of para-hydroxylation sites is 1. The van der Waals surface area contributed by atoms with Crippen LogP contribution in [0.4, 0.5) is 17.1 Å². The van der Waals surface area contributed by atoms with Gasteiger partial charge >= 0.3 is 0 Å². The summed E-state index contributed by atoms with van der Waals surface area (Å²) in [5.74, 6) is -0.160. The third kappa shape index (κ3) is 4.76. The summed E-state index contributed by atoms with van der Waals surface area (Å²) in [5, 5.41) is 16.7. The van der Waals surface area contributed by atoms with E-state index in [-0.39, 0.29) is 30.1 Å². The number of non-ortho nitro benzene ring substituents is 1. The highest BCUT2D eigenvalue weighted by Crippen LogP contribution is 2.34. The van der Waals surface area contributed by atoms with Crippen molar-refractivity contribution in [2.24, 2.45) is 5.92 Å². The van der Waals surface area contributed by atoms with Gasteiger partial charge in [-0.15, -0.1) is 0 Å². The van der Waals surface area contributed by atoms with Crippen molar-refractivity contribution in [3.8, 4) is 0 Å². The number of hydrogen-bond acceptors (Lipinski definition) is 5. The van der Waals surface area contributed by atoms with Gasteiger partial charge in [-0.3, -0.25) is 19.7 Å². The summed E-state index contributed by atoms with van der Waals surface area (Å²) in [6.07, 6.45) is 0.637. The Morgan fingerprint density at radius 3 is 2.67 bits per heavy atom. The van der Waals surface area contributed by atoms with Crippen LogP contribution in [0.2, 0.25) is 0 Å². The van der Waals surface area contributed by atoms with Gasteiger partial charge < -0.3 is 15.5 Å². The summed E-state index contributed by atoms with van der Waals surface area (Å²) in [6.45, 7) is 6.64. The van der Waals surface area contributed by atoms with Crippen LogP contribution in [0.3, 0.4) is 0 Å². The molecule has 2 N–H and O–H groups in total. The fraction of sp³-hybridized carbons (Fsp3) is 0.364. The Hall–Kier alpha value is -3.42. The predicted octanol–water partition coefficient (Wildman–Crippen LogP) is 3.37. The third-order valence-corrected chi connectivity index (χ3v) is 5.06. The van der Waals surface area contributed by atoms with Crippen LogP contribution >= 0.6 is 0 Å². The van der Waals surface area contributed by atoms with Crippen LogP contribution in [0.5, 0.6) is 0 Å². The molecule has 0 saturated heterocycles. The lowest BCUT2D eigenvalue weighted by atomic mass is 10.1. The van der Waals surface area contributed by atoms with Gasteiger partial charge in [0.15, 0.2) is 0 Å². The van der Waals surface area contributed by atoms with Crippen molar-refractivity contribution in [1.82, 2.24) is 5.32 Å². The smallest absolute Gasteiger partial charge is 0.269 e. The summed E-state index contributed by atoms with van der Waals surface area (Å²) >= 11 is 0. The predicted molar refractivity (Wildman–Crippen MR) is 116 cm³/mol. The number of anilines is 2. The molecule has 3 rings (SSSR count). The van der Waals surface area contributed by atoms with Crippen LogP contribution in [0.15, 0.2) is 42.5 Å². The SMILES string of the molecule is CC(C)CNC(=O)c1ccccc1NC(=O)CN1c2ccc([N+](=O)[O-])cc2CC1C. The largest absolute Gasteiger partial charge is 0.359 e. The van der Waals surface area contributed by atoms with Gasteiger partial charge in [0.05, 0.1) is 22.7 Å². The molecule has 1 heterocycles. The molecule has 1 aliphatic rings. The Bertz CT molecular complexity index is 973. The Morgan fingerprint density at radius 2 is 1.97 bits per heavy atom. The Labute approximate surface area is 175 Å². The third-order valence-electron chi connectivity index (χ3n) is 5.06. The van der Waals surface area contributed by atoms with E-state index in [0.717, 1.165) is 11.3 Å².